The first kappa shape index (κ1) is 23.3. The van der Waals surface area contributed by atoms with E-state index in [0.29, 0.717) is 29.9 Å². The highest BCUT2D eigenvalue weighted by atomic mass is 19.1. The van der Waals surface area contributed by atoms with E-state index in [1.165, 1.54) is 13.2 Å². The molecular weight excluding hydrogens is 435 g/mol. The molecule has 0 spiro atoms. The van der Waals surface area contributed by atoms with Crippen LogP contribution >= 0.6 is 0 Å². The van der Waals surface area contributed by atoms with Gasteiger partial charge in [-0.1, -0.05) is 36.4 Å². The molecule has 0 saturated carbocycles. The zero-order valence-corrected chi connectivity index (χ0v) is 19.1. The number of para-hydroxylation sites is 1. The Balaban J connectivity index is 1.62. The molecule has 1 atom stereocenters. The second-order valence-electron chi connectivity index (χ2n) is 7.88. The number of H-pyrrole nitrogens is 1. The first-order valence-electron chi connectivity index (χ1n) is 11.1. The van der Waals surface area contributed by atoms with Crippen LogP contribution in [0.2, 0.25) is 0 Å². The highest BCUT2D eigenvalue weighted by Crippen LogP contribution is 2.32. The lowest BCUT2D eigenvalue weighted by atomic mass is 10.0. The Hall–Kier alpha value is -3.84. The summed E-state index contributed by atoms with van der Waals surface area (Å²) in [5.74, 6) is -0.409. The molecule has 4 aromatic rings. The highest BCUT2D eigenvalue weighted by molar-refractivity contribution is 5.98. The quantitative estimate of drug-likeness (QED) is 0.336. The van der Waals surface area contributed by atoms with Gasteiger partial charge in [-0.05, 0) is 48.7 Å². The largest absolute Gasteiger partial charge is 0.494 e. The molecule has 0 bridgehead atoms. The van der Waals surface area contributed by atoms with Crippen LogP contribution in [0.15, 0.2) is 66.9 Å². The van der Waals surface area contributed by atoms with Crippen molar-refractivity contribution in [3.8, 4) is 22.6 Å². The van der Waals surface area contributed by atoms with Gasteiger partial charge in [0.15, 0.2) is 11.6 Å². The number of carbonyl (C=O) groups is 1. The maximum Gasteiger partial charge on any atom is 0.255 e. The molecule has 0 aliphatic carbocycles. The number of amides is 1. The third kappa shape index (κ3) is 4.75. The van der Waals surface area contributed by atoms with Crippen LogP contribution < -0.4 is 14.8 Å². The third-order valence-corrected chi connectivity index (χ3v) is 5.72. The van der Waals surface area contributed by atoms with Crippen molar-refractivity contribution < 1.29 is 23.8 Å². The zero-order valence-electron chi connectivity index (χ0n) is 19.1. The standard InChI is InChI=1S/C27H27FN2O4/c1-3-34-24-12-11-17(21-8-6-10-25(33-2)26(21)28)14-22(24)27(32)30-19(16-31)13-18-15-29-23-9-5-4-7-20(18)23/h4-12,14-15,19,29,31H,3,13,16H2,1-2H3,(H,30,32)/t19-/m1/s1. The fourth-order valence-electron chi connectivity index (χ4n) is 4.04. The fourth-order valence-corrected chi connectivity index (χ4v) is 4.04. The van der Waals surface area contributed by atoms with E-state index in [4.69, 9.17) is 9.47 Å². The van der Waals surface area contributed by atoms with E-state index in [-0.39, 0.29) is 17.9 Å². The van der Waals surface area contributed by atoms with E-state index < -0.39 is 17.8 Å². The number of hydrogen-bond donors (Lipinski definition) is 3. The third-order valence-electron chi connectivity index (χ3n) is 5.72. The van der Waals surface area contributed by atoms with Crippen molar-refractivity contribution >= 4 is 16.8 Å². The highest BCUT2D eigenvalue weighted by Gasteiger charge is 2.20. The number of aromatic nitrogens is 1. The van der Waals surface area contributed by atoms with Crippen LogP contribution in [0.3, 0.4) is 0 Å². The lowest BCUT2D eigenvalue weighted by Gasteiger charge is -2.18. The van der Waals surface area contributed by atoms with Crippen LogP contribution in [-0.2, 0) is 6.42 Å². The van der Waals surface area contributed by atoms with Crippen molar-refractivity contribution in [1.29, 1.82) is 0 Å². The van der Waals surface area contributed by atoms with Gasteiger partial charge >= 0.3 is 0 Å². The number of halogens is 1. The van der Waals surface area contributed by atoms with Crippen molar-refractivity contribution in [2.24, 2.45) is 0 Å². The van der Waals surface area contributed by atoms with E-state index in [0.717, 1.165) is 16.5 Å². The second-order valence-corrected chi connectivity index (χ2v) is 7.88. The van der Waals surface area contributed by atoms with Crippen LogP contribution in [-0.4, -0.2) is 42.4 Å². The van der Waals surface area contributed by atoms with Crippen molar-refractivity contribution in [1.82, 2.24) is 10.3 Å². The minimum atomic E-state index is -0.515. The summed E-state index contributed by atoms with van der Waals surface area (Å²) in [6.45, 7) is 1.95. The summed E-state index contributed by atoms with van der Waals surface area (Å²) in [6.07, 6.45) is 2.33. The topological polar surface area (TPSA) is 83.6 Å². The van der Waals surface area contributed by atoms with Gasteiger partial charge in [-0.3, -0.25) is 4.79 Å². The molecule has 3 aromatic carbocycles. The molecule has 4 rings (SSSR count). The van der Waals surface area contributed by atoms with E-state index in [9.17, 15) is 14.3 Å². The van der Waals surface area contributed by atoms with Crippen molar-refractivity contribution in [3.05, 3.63) is 83.8 Å². The number of rotatable bonds is 9. The van der Waals surface area contributed by atoms with Crippen LogP contribution in [0.5, 0.6) is 11.5 Å². The molecule has 1 aromatic heterocycles. The fraction of sp³-hybridized carbons (Fsp3) is 0.222. The van der Waals surface area contributed by atoms with Crippen LogP contribution in [0.25, 0.3) is 22.0 Å². The summed E-state index contributed by atoms with van der Waals surface area (Å²) in [5.41, 5.74) is 3.08. The Morgan fingerprint density at radius 2 is 1.94 bits per heavy atom. The minimum Gasteiger partial charge on any atom is -0.494 e. The monoisotopic (exact) mass is 462 g/mol. The Bertz CT molecular complexity index is 1300. The summed E-state index contributed by atoms with van der Waals surface area (Å²) in [4.78, 5) is 16.5. The first-order chi connectivity index (χ1) is 16.5. The van der Waals surface area contributed by atoms with Crippen molar-refractivity contribution in [2.45, 2.75) is 19.4 Å². The maximum absolute atomic E-state index is 14.9. The second kappa shape index (κ2) is 10.4. The maximum atomic E-state index is 14.9. The Kier molecular flexibility index (Phi) is 7.13. The van der Waals surface area contributed by atoms with E-state index in [1.54, 1.807) is 30.3 Å². The molecule has 7 heteroatoms. The number of ether oxygens (including phenoxy) is 2. The number of aromatic amines is 1. The lowest BCUT2D eigenvalue weighted by molar-refractivity contribution is 0.0913. The molecule has 34 heavy (non-hydrogen) atoms. The number of aliphatic hydroxyl groups is 1. The average Bonchev–Trinajstić information content (AvgIpc) is 3.27. The van der Waals surface area contributed by atoms with Gasteiger partial charge < -0.3 is 24.9 Å². The van der Waals surface area contributed by atoms with Crippen LogP contribution in [0.1, 0.15) is 22.8 Å². The van der Waals surface area contributed by atoms with Gasteiger partial charge in [0.25, 0.3) is 5.91 Å². The number of carbonyl (C=O) groups excluding carboxylic acids is 1. The first-order valence-corrected chi connectivity index (χ1v) is 11.1. The molecular formula is C27H27FN2O4. The summed E-state index contributed by atoms with van der Waals surface area (Å²) in [6, 6.07) is 17.2. The van der Waals surface area contributed by atoms with Crippen LogP contribution in [0, 0.1) is 5.82 Å². The predicted octanol–water partition coefficient (Wildman–Crippen LogP) is 4.71. The number of hydrogen-bond acceptors (Lipinski definition) is 4. The van der Waals surface area contributed by atoms with Gasteiger partial charge in [0.2, 0.25) is 0 Å². The molecule has 0 unspecified atom stereocenters. The molecule has 0 saturated heterocycles. The van der Waals surface area contributed by atoms with Gasteiger partial charge in [0.05, 0.1) is 31.9 Å². The summed E-state index contributed by atoms with van der Waals surface area (Å²) in [5, 5.41) is 13.9. The number of nitrogens with one attached hydrogen (secondary N) is 2. The van der Waals surface area contributed by atoms with E-state index in [1.807, 2.05) is 37.4 Å². The molecule has 176 valence electrons. The molecule has 1 amide bonds. The lowest BCUT2D eigenvalue weighted by Crippen LogP contribution is -2.39. The minimum absolute atomic E-state index is 0.122. The zero-order chi connectivity index (χ0) is 24.1. The number of methoxy groups -OCH3 is 1. The van der Waals surface area contributed by atoms with Crippen molar-refractivity contribution in [3.63, 3.8) is 0 Å². The van der Waals surface area contributed by atoms with Gasteiger partial charge in [-0.2, -0.15) is 0 Å². The number of aliphatic hydroxyl groups excluding tert-OH is 1. The molecule has 0 aliphatic rings. The predicted molar refractivity (Wildman–Crippen MR) is 130 cm³/mol. The molecule has 6 nitrogen and oxygen atoms in total. The van der Waals surface area contributed by atoms with E-state index >= 15 is 0 Å². The van der Waals surface area contributed by atoms with E-state index in [2.05, 4.69) is 10.3 Å². The van der Waals surface area contributed by atoms with Crippen LogP contribution in [0.4, 0.5) is 4.39 Å². The molecule has 0 radical (unpaired) electrons. The van der Waals surface area contributed by atoms with Gasteiger partial charge in [-0.25, -0.2) is 4.39 Å². The molecule has 0 aliphatic heterocycles. The molecule has 1 heterocycles. The Morgan fingerprint density at radius 1 is 1.12 bits per heavy atom. The average molecular weight is 463 g/mol. The summed E-state index contributed by atoms with van der Waals surface area (Å²) in [7, 11) is 1.40. The van der Waals surface area contributed by atoms with Gasteiger partial charge in [0.1, 0.15) is 5.75 Å². The van der Waals surface area contributed by atoms with Crippen molar-refractivity contribution in [2.75, 3.05) is 20.3 Å². The number of benzene rings is 3. The molecule has 0 fully saturated rings. The Labute approximate surface area is 197 Å². The normalized spacial score (nSPS) is 11.9. The molecule has 3 N–H and O–H groups in total. The van der Waals surface area contributed by atoms with Gasteiger partial charge in [-0.15, -0.1) is 0 Å². The summed E-state index contributed by atoms with van der Waals surface area (Å²) >= 11 is 0. The SMILES string of the molecule is CCOc1ccc(-c2cccc(OC)c2F)cc1C(=O)N[C@@H](CO)Cc1c[nH]c2ccccc12. The smallest absolute Gasteiger partial charge is 0.255 e. The summed E-state index contributed by atoms with van der Waals surface area (Å²) < 4.78 is 25.6. The Morgan fingerprint density at radius 3 is 2.71 bits per heavy atom. The number of fused-ring (bicyclic) bond motifs is 1. The van der Waals surface area contributed by atoms with Gasteiger partial charge in [0, 0.05) is 22.7 Å².